The average Bonchev–Trinajstić information content (AvgIpc) is 3.16. The van der Waals surface area contributed by atoms with Crippen LogP contribution in [0.1, 0.15) is 22.2 Å². The Kier molecular flexibility index (Phi) is 7.55. The zero-order valence-electron chi connectivity index (χ0n) is 15.6. The second-order valence-corrected chi connectivity index (χ2v) is 7.89. The summed E-state index contributed by atoms with van der Waals surface area (Å²) in [6, 6.07) is 9.32. The van der Waals surface area contributed by atoms with Gasteiger partial charge in [-0.25, -0.2) is 13.1 Å². The smallest absolute Gasteiger partial charge is 0.251 e. The van der Waals surface area contributed by atoms with Crippen LogP contribution >= 0.6 is 0 Å². The topological polar surface area (TPSA) is 101 Å². The van der Waals surface area contributed by atoms with Crippen LogP contribution in [0.5, 0.6) is 0 Å². The van der Waals surface area contributed by atoms with Crippen LogP contribution in [0, 0.1) is 0 Å². The van der Waals surface area contributed by atoms with E-state index in [1.807, 2.05) is 25.1 Å². The van der Waals surface area contributed by atoms with Crippen molar-refractivity contribution < 1.29 is 22.4 Å². The van der Waals surface area contributed by atoms with Crippen LogP contribution in [0.2, 0.25) is 0 Å². The van der Waals surface area contributed by atoms with Crippen LogP contribution in [0.15, 0.2) is 52.0 Å². The minimum absolute atomic E-state index is 0.0944. The van der Waals surface area contributed by atoms with Gasteiger partial charge in [0.2, 0.25) is 10.0 Å². The molecule has 1 amide bonds. The van der Waals surface area contributed by atoms with Crippen LogP contribution in [0.4, 0.5) is 0 Å². The Hall–Kier alpha value is -2.20. The first-order valence-corrected chi connectivity index (χ1v) is 9.90. The average molecular weight is 395 g/mol. The number of sulfonamides is 1. The molecule has 1 aromatic carbocycles. The SMILES string of the molecule is COCCNS(=O)(=O)c1ccc(C(=O)NCC(c2ccco2)N(C)C)cc1. The molecule has 0 saturated carbocycles. The lowest BCUT2D eigenvalue weighted by Gasteiger charge is -2.22. The van der Waals surface area contributed by atoms with E-state index in [0.29, 0.717) is 12.1 Å². The van der Waals surface area contributed by atoms with Crippen molar-refractivity contribution in [1.29, 1.82) is 0 Å². The maximum absolute atomic E-state index is 12.4. The Balaban J connectivity index is 1.99. The van der Waals surface area contributed by atoms with Gasteiger partial charge in [0, 0.05) is 25.8 Å². The van der Waals surface area contributed by atoms with Crippen LogP contribution in [-0.4, -0.2) is 60.1 Å². The van der Waals surface area contributed by atoms with Crippen LogP contribution in [0.25, 0.3) is 0 Å². The highest BCUT2D eigenvalue weighted by atomic mass is 32.2. The minimum atomic E-state index is -3.62. The van der Waals surface area contributed by atoms with Crippen molar-refractivity contribution in [1.82, 2.24) is 14.9 Å². The van der Waals surface area contributed by atoms with Gasteiger partial charge in [-0.2, -0.15) is 0 Å². The quantitative estimate of drug-likeness (QED) is 0.587. The number of benzene rings is 1. The van der Waals surface area contributed by atoms with Crippen LogP contribution < -0.4 is 10.0 Å². The molecule has 1 aromatic heterocycles. The van der Waals surface area contributed by atoms with Gasteiger partial charge in [-0.1, -0.05) is 0 Å². The van der Waals surface area contributed by atoms with Gasteiger partial charge in [0.15, 0.2) is 0 Å². The van der Waals surface area contributed by atoms with Gasteiger partial charge >= 0.3 is 0 Å². The lowest BCUT2D eigenvalue weighted by molar-refractivity contribution is 0.0939. The second kappa shape index (κ2) is 9.65. The van der Waals surface area contributed by atoms with Crippen molar-refractivity contribution in [3.63, 3.8) is 0 Å². The van der Waals surface area contributed by atoms with Crippen molar-refractivity contribution in [3.8, 4) is 0 Å². The summed E-state index contributed by atoms with van der Waals surface area (Å²) < 4.78 is 36.9. The lowest BCUT2D eigenvalue weighted by Crippen LogP contribution is -2.34. The first-order chi connectivity index (χ1) is 12.8. The van der Waals surface area contributed by atoms with Crippen molar-refractivity contribution in [3.05, 3.63) is 54.0 Å². The van der Waals surface area contributed by atoms with E-state index in [1.54, 1.807) is 12.3 Å². The van der Waals surface area contributed by atoms with Crippen LogP contribution in [0.3, 0.4) is 0 Å². The molecule has 9 heteroatoms. The van der Waals surface area contributed by atoms with E-state index in [9.17, 15) is 13.2 Å². The molecule has 0 fully saturated rings. The van der Waals surface area contributed by atoms with Crippen LogP contribution in [-0.2, 0) is 14.8 Å². The van der Waals surface area contributed by atoms with E-state index in [4.69, 9.17) is 9.15 Å². The molecule has 1 atom stereocenters. The maximum Gasteiger partial charge on any atom is 0.251 e. The molecule has 8 nitrogen and oxygen atoms in total. The summed E-state index contributed by atoms with van der Waals surface area (Å²) in [7, 11) is 1.67. The molecule has 0 saturated heterocycles. The molecular formula is C18H25N3O5S. The molecule has 148 valence electrons. The molecule has 2 aromatic rings. The molecule has 0 spiro atoms. The Morgan fingerprint density at radius 2 is 1.93 bits per heavy atom. The van der Waals surface area contributed by atoms with E-state index < -0.39 is 10.0 Å². The van der Waals surface area contributed by atoms with Crippen molar-refractivity contribution in [2.45, 2.75) is 10.9 Å². The van der Waals surface area contributed by atoms with Gasteiger partial charge < -0.3 is 14.5 Å². The normalized spacial score (nSPS) is 12.9. The number of hydrogen-bond donors (Lipinski definition) is 2. The third-order valence-corrected chi connectivity index (χ3v) is 5.45. The first-order valence-electron chi connectivity index (χ1n) is 8.42. The standard InChI is InChI=1S/C18H25N3O5S/c1-21(2)16(17-5-4-11-26-17)13-19-18(22)14-6-8-15(9-7-14)27(23,24)20-10-12-25-3/h4-9,11,16,20H,10,12-13H2,1-3H3,(H,19,22). The Morgan fingerprint density at radius 3 is 2.48 bits per heavy atom. The van der Waals surface area contributed by atoms with Crippen molar-refractivity contribution in [2.24, 2.45) is 0 Å². The number of furan rings is 1. The summed E-state index contributed by atoms with van der Waals surface area (Å²) in [6.45, 7) is 0.820. The number of carbonyl (C=O) groups excluding carboxylic acids is 1. The Bertz CT molecular complexity index is 817. The zero-order chi connectivity index (χ0) is 19.9. The van der Waals surface area contributed by atoms with Gasteiger partial charge in [-0.15, -0.1) is 0 Å². The zero-order valence-corrected chi connectivity index (χ0v) is 16.5. The van der Waals surface area contributed by atoms with Crippen molar-refractivity contribution in [2.75, 3.05) is 40.9 Å². The third-order valence-electron chi connectivity index (χ3n) is 3.98. The monoisotopic (exact) mass is 395 g/mol. The minimum Gasteiger partial charge on any atom is -0.468 e. The highest BCUT2D eigenvalue weighted by molar-refractivity contribution is 7.89. The fourth-order valence-electron chi connectivity index (χ4n) is 2.46. The molecule has 0 radical (unpaired) electrons. The van der Waals surface area contributed by atoms with E-state index in [0.717, 1.165) is 5.76 Å². The summed E-state index contributed by atoms with van der Waals surface area (Å²) in [5.74, 6) is 0.466. The van der Waals surface area contributed by atoms with Gasteiger partial charge in [0.1, 0.15) is 5.76 Å². The number of likely N-dealkylation sites (N-methyl/N-ethyl adjacent to an activating group) is 1. The molecule has 1 unspecified atom stereocenters. The van der Waals surface area contributed by atoms with Gasteiger partial charge in [0.05, 0.1) is 23.8 Å². The van der Waals surface area contributed by atoms with E-state index >= 15 is 0 Å². The summed E-state index contributed by atoms with van der Waals surface area (Å²) in [4.78, 5) is 14.4. The molecular weight excluding hydrogens is 370 g/mol. The summed E-state index contributed by atoms with van der Waals surface area (Å²) in [5.41, 5.74) is 0.378. The van der Waals surface area contributed by atoms with Gasteiger partial charge in [-0.05, 0) is 50.5 Å². The number of amides is 1. The summed E-state index contributed by atoms with van der Waals surface area (Å²) in [6.07, 6.45) is 1.59. The molecule has 2 rings (SSSR count). The number of ether oxygens (including phenoxy) is 1. The largest absolute Gasteiger partial charge is 0.468 e. The molecule has 27 heavy (non-hydrogen) atoms. The fraction of sp³-hybridized carbons (Fsp3) is 0.389. The number of nitrogens with zero attached hydrogens (tertiary/aromatic N) is 1. The third kappa shape index (κ3) is 5.90. The highest BCUT2D eigenvalue weighted by Crippen LogP contribution is 2.18. The van der Waals surface area contributed by atoms with E-state index in [2.05, 4.69) is 10.0 Å². The predicted octanol–water partition coefficient (Wildman–Crippen LogP) is 1.24. The Morgan fingerprint density at radius 1 is 1.22 bits per heavy atom. The molecule has 0 bridgehead atoms. The van der Waals surface area contributed by atoms with Gasteiger partial charge in [0.25, 0.3) is 5.91 Å². The number of carbonyl (C=O) groups is 1. The number of hydrogen-bond acceptors (Lipinski definition) is 6. The lowest BCUT2D eigenvalue weighted by atomic mass is 10.2. The molecule has 2 N–H and O–H groups in total. The first kappa shape index (κ1) is 21.1. The number of nitrogens with one attached hydrogen (secondary N) is 2. The predicted molar refractivity (Wildman–Crippen MR) is 101 cm³/mol. The Labute approximate surface area is 159 Å². The van der Waals surface area contributed by atoms with Gasteiger partial charge in [-0.3, -0.25) is 9.69 Å². The fourth-order valence-corrected chi connectivity index (χ4v) is 3.47. The second-order valence-electron chi connectivity index (χ2n) is 6.12. The maximum atomic E-state index is 12.4. The number of methoxy groups -OCH3 is 1. The van der Waals surface area contributed by atoms with Crippen molar-refractivity contribution >= 4 is 15.9 Å². The number of rotatable bonds is 10. The summed E-state index contributed by atoms with van der Waals surface area (Å²) in [5, 5.41) is 2.85. The molecule has 0 aliphatic carbocycles. The highest BCUT2D eigenvalue weighted by Gasteiger charge is 2.19. The summed E-state index contributed by atoms with van der Waals surface area (Å²) >= 11 is 0. The van der Waals surface area contributed by atoms with E-state index in [1.165, 1.54) is 31.4 Å². The molecule has 0 aliphatic heterocycles. The molecule has 1 heterocycles. The van der Waals surface area contributed by atoms with E-state index in [-0.39, 0.29) is 30.0 Å². The molecule has 0 aliphatic rings.